The van der Waals surface area contributed by atoms with Crippen molar-refractivity contribution in [2.75, 3.05) is 0 Å². The standard InChI is InChI=1S/C40H32FN3O2/c1-23(2)27-14-10-15-28(24(3)4)36(27)44-33-19-9-8-18-32(33)42-39(44)31-17-11-16-30-29-21-20-26(22-34(29)45-37(30)31)40-43-35(38(41)46-40)25-12-6-5-7-13-25/h5-24H,1-4H3. The van der Waals surface area contributed by atoms with E-state index in [1.54, 1.807) is 0 Å². The molecular weight excluding hydrogens is 573 g/mol. The van der Waals surface area contributed by atoms with Gasteiger partial charge in [0.2, 0.25) is 5.89 Å². The molecule has 0 bridgehead atoms. The van der Waals surface area contributed by atoms with Gasteiger partial charge in [-0.3, -0.25) is 4.57 Å². The summed E-state index contributed by atoms with van der Waals surface area (Å²) in [5.74, 6) is 1.65. The first-order valence-electron chi connectivity index (χ1n) is 15.7. The van der Waals surface area contributed by atoms with Crippen LogP contribution >= 0.6 is 0 Å². The van der Waals surface area contributed by atoms with Gasteiger partial charge in [-0.15, -0.1) is 0 Å². The molecule has 5 aromatic carbocycles. The van der Waals surface area contributed by atoms with Crippen LogP contribution in [0.1, 0.15) is 50.7 Å². The highest BCUT2D eigenvalue weighted by molar-refractivity contribution is 6.10. The van der Waals surface area contributed by atoms with Gasteiger partial charge in [0.05, 0.1) is 22.3 Å². The molecule has 3 heterocycles. The molecule has 3 aromatic heterocycles. The third-order valence-electron chi connectivity index (χ3n) is 8.75. The molecule has 0 amide bonds. The summed E-state index contributed by atoms with van der Waals surface area (Å²) in [6.07, 6.45) is 0. The van der Waals surface area contributed by atoms with Gasteiger partial charge in [0, 0.05) is 21.9 Å². The molecule has 0 aliphatic heterocycles. The number of oxazole rings is 1. The van der Waals surface area contributed by atoms with Crippen molar-refractivity contribution in [1.82, 2.24) is 14.5 Å². The molecule has 0 atom stereocenters. The largest absolute Gasteiger partial charge is 0.455 e. The lowest BCUT2D eigenvalue weighted by Gasteiger charge is -2.22. The fourth-order valence-electron chi connectivity index (χ4n) is 6.51. The van der Waals surface area contributed by atoms with Gasteiger partial charge in [0.1, 0.15) is 22.7 Å². The van der Waals surface area contributed by atoms with Crippen LogP contribution in [0.15, 0.2) is 118 Å². The minimum atomic E-state index is -0.713. The Labute approximate surface area is 266 Å². The van der Waals surface area contributed by atoms with Crippen LogP contribution in [0.2, 0.25) is 0 Å². The Hall–Kier alpha value is -5.49. The van der Waals surface area contributed by atoms with Crippen LogP contribution in [0.5, 0.6) is 0 Å². The van der Waals surface area contributed by atoms with E-state index in [0.717, 1.165) is 38.8 Å². The molecule has 0 N–H and O–H groups in total. The highest BCUT2D eigenvalue weighted by atomic mass is 19.1. The Morgan fingerprint density at radius 2 is 1.37 bits per heavy atom. The van der Waals surface area contributed by atoms with E-state index in [0.29, 0.717) is 28.5 Å². The molecule has 0 spiro atoms. The smallest absolute Gasteiger partial charge is 0.306 e. The molecule has 8 rings (SSSR count). The van der Waals surface area contributed by atoms with Gasteiger partial charge in [0.25, 0.3) is 0 Å². The first kappa shape index (κ1) is 28.0. The molecule has 0 aliphatic carbocycles. The number of benzene rings is 5. The maximum atomic E-state index is 14.9. The highest BCUT2D eigenvalue weighted by Crippen LogP contribution is 2.41. The summed E-state index contributed by atoms with van der Waals surface area (Å²) < 4.78 is 29.3. The van der Waals surface area contributed by atoms with Crippen LogP contribution < -0.4 is 0 Å². The normalized spacial score (nSPS) is 12.0. The molecule has 226 valence electrons. The summed E-state index contributed by atoms with van der Waals surface area (Å²) in [5, 5.41) is 1.92. The van der Waals surface area contributed by atoms with Crippen molar-refractivity contribution in [1.29, 1.82) is 0 Å². The number of para-hydroxylation sites is 4. The molecule has 0 saturated carbocycles. The maximum Gasteiger partial charge on any atom is 0.306 e. The zero-order valence-electron chi connectivity index (χ0n) is 26.1. The second-order valence-electron chi connectivity index (χ2n) is 12.4. The fraction of sp³-hybridized carbons (Fsp3) is 0.150. The molecule has 0 aliphatic rings. The van der Waals surface area contributed by atoms with Crippen LogP contribution in [-0.2, 0) is 0 Å². The Bertz CT molecular complexity index is 2370. The summed E-state index contributed by atoms with van der Waals surface area (Å²) in [4.78, 5) is 9.72. The van der Waals surface area contributed by atoms with Gasteiger partial charge >= 0.3 is 6.01 Å². The van der Waals surface area contributed by atoms with Crippen LogP contribution in [0.4, 0.5) is 4.39 Å². The minimum Gasteiger partial charge on any atom is -0.455 e. The quantitative estimate of drug-likeness (QED) is 0.189. The zero-order valence-corrected chi connectivity index (χ0v) is 26.1. The second-order valence-corrected chi connectivity index (χ2v) is 12.4. The SMILES string of the molecule is CC(C)c1cccc(C(C)C)c1-n1c(-c2cccc3c2oc2cc(-c4nc(-c5ccccc5)c(F)o4)ccc23)nc2ccccc21. The number of nitrogens with zero attached hydrogens (tertiary/aromatic N) is 3. The molecule has 46 heavy (non-hydrogen) atoms. The highest BCUT2D eigenvalue weighted by Gasteiger charge is 2.25. The van der Waals surface area contributed by atoms with E-state index < -0.39 is 6.01 Å². The summed E-state index contributed by atoms with van der Waals surface area (Å²) in [6.45, 7) is 8.95. The number of fused-ring (bicyclic) bond motifs is 4. The maximum absolute atomic E-state index is 14.9. The molecule has 6 heteroatoms. The van der Waals surface area contributed by atoms with E-state index >= 15 is 0 Å². The number of imidazole rings is 1. The Balaban J connectivity index is 1.34. The summed E-state index contributed by atoms with van der Waals surface area (Å²) in [7, 11) is 0. The predicted molar refractivity (Wildman–Crippen MR) is 183 cm³/mol. The molecule has 0 saturated heterocycles. The van der Waals surface area contributed by atoms with Crippen LogP contribution in [0, 0.1) is 6.01 Å². The van der Waals surface area contributed by atoms with Crippen molar-refractivity contribution in [3.05, 3.63) is 126 Å². The van der Waals surface area contributed by atoms with Crippen molar-refractivity contribution >= 4 is 33.0 Å². The van der Waals surface area contributed by atoms with Crippen LogP contribution in [0.25, 0.3) is 72.8 Å². The Morgan fingerprint density at radius 3 is 2.13 bits per heavy atom. The average molecular weight is 606 g/mol. The van der Waals surface area contributed by atoms with E-state index in [1.807, 2.05) is 54.6 Å². The van der Waals surface area contributed by atoms with Crippen molar-refractivity contribution in [2.45, 2.75) is 39.5 Å². The van der Waals surface area contributed by atoms with Gasteiger partial charge in [-0.2, -0.15) is 4.39 Å². The zero-order chi connectivity index (χ0) is 31.5. The number of hydrogen-bond donors (Lipinski definition) is 0. The molecule has 8 aromatic rings. The fourth-order valence-corrected chi connectivity index (χ4v) is 6.51. The summed E-state index contributed by atoms with van der Waals surface area (Å²) in [6, 6.07) is 35.3. The third kappa shape index (κ3) is 4.44. The van der Waals surface area contributed by atoms with Crippen molar-refractivity contribution in [3.63, 3.8) is 0 Å². The lowest BCUT2D eigenvalue weighted by atomic mass is 9.92. The van der Waals surface area contributed by atoms with E-state index in [4.69, 9.17) is 13.8 Å². The van der Waals surface area contributed by atoms with E-state index in [1.165, 1.54) is 16.8 Å². The third-order valence-corrected chi connectivity index (χ3v) is 8.75. The monoisotopic (exact) mass is 605 g/mol. The second kappa shape index (κ2) is 10.8. The summed E-state index contributed by atoms with van der Waals surface area (Å²) in [5.41, 5.74) is 9.44. The van der Waals surface area contributed by atoms with Gasteiger partial charge in [-0.25, -0.2) is 9.97 Å². The lowest BCUT2D eigenvalue weighted by Crippen LogP contribution is -2.08. The van der Waals surface area contributed by atoms with Crippen LogP contribution in [0.3, 0.4) is 0 Å². The first-order chi connectivity index (χ1) is 22.4. The molecule has 0 fully saturated rings. The van der Waals surface area contributed by atoms with Crippen molar-refractivity contribution in [2.24, 2.45) is 0 Å². The lowest BCUT2D eigenvalue weighted by molar-refractivity contribution is 0.368. The van der Waals surface area contributed by atoms with E-state index in [-0.39, 0.29) is 11.6 Å². The molecule has 0 radical (unpaired) electrons. The van der Waals surface area contributed by atoms with Gasteiger partial charge in [-0.05, 0) is 59.4 Å². The average Bonchev–Trinajstić information content (AvgIpc) is 3.77. The van der Waals surface area contributed by atoms with Crippen LogP contribution in [-0.4, -0.2) is 14.5 Å². The number of furan rings is 1. The topological polar surface area (TPSA) is 57.0 Å². The predicted octanol–water partition coefficient (Wildman–Crippen LogP) is 11.3. The van der Waals surface area contributed by atoms with E-state index in [9.17, 15) is 4.39 Å². The van der Waals surface area contributed by atoms with Gasteiger partial charge in [-0.1, -0.05) is 100 Å². The minimum absolute atomic E-state index is 0.184. The van der Waals surface area contributed by atoms with Gasteiger partial charge in [0.15, 0.2) is 0 Å². The number of hydrogen-bond acceptors (Lipinski definition) is 4. The number of halogens is 1. The number of aromatic nitrogens is 3. The Morgan fingerprint density at radius 1 is 0.652 bits per heavy atom. The molecule has 5 nitrogen and oxygen atoms in total. The van der Waals surface area contributed by atoms with Gasteiger partial charge < -0.3 is 8.83 Å². The molecular formula is C40H32FN3O2. The number of rotatable bonds is 6. The summed E-state index contributed by atoms with van der Waals surface area (Å²) >= 11 is 0. The van der Waals surface area contributed by atoms with Crippen molar-refractivity contribution < 1.29 is 13.2 Å². The Kier molecular flexibility index (Phi) is 6.60. The van der Waals surface area contributed by atoms with Crippen molar-refractivity contribution in [3.8, 4) is 39.8 Å². The molecule has 0 unspecified atom stereocenters. The first-order valence-corrected chi connectivity index (χ1v) is 15.7. The van der Waals surface area contributed by atoms with E-state index in [2.05, 4.69) is 91.8 Å².